The second kappa shape index (κ2) is 6.88. The second-order valence-corrected chi connectivity index (χ2v) is 5.48. The minimum atomic E-state index is 0.0990. The maximum absolute atomic E-state index is 5.72. The molecule has 0 rings (SSSR count). The van der Waals surface area contributed by atoms with Gasteiger partial charge in [-0.25, -0.2) is 0 Å². The van der Waals surface area contributed by atoms with E-state index in [1.54, 1.807) is 0 Å². The largest absolute Gasteiger partial charge is 0.512 e. The topological polar surface area (TPSA) is 9.23 Å². The lowest BCUT2D eigenvalue weighted by molar-refractivity contribution is 0.0255. The van der Waals surface area contributed by atoms with Gasteiger partial charge in [0, 0.05) is 5.60 Å². The Labute approximate surface area is 98.4 Å². The van der Waals surface area contributed by atoms with Crippen molar-refractivity contribution >= 4 is 16.6 Å². The van der Waals surface area contributed by atoms with Gasteiger partial charge in [-0.3, -0.25) is 0 Å². The molecule has 0 unspecified atom stereocenters. The van der Waals surface area contributed by atoms with Gasteiger partial charge in [0.2, 0.25) is 0 Å². The van der Waals surface area contributed by atoms with Crippen molar-refractivity contribution in [3.63, 3.8) is 0 Å². The van der Waals surface area contributed by atoms with E-state index in [1.165, 1.54) is 25.7 Å². The SMILES string of the molecule is CCCC(CC(C)C)(CC(C)C)[O][Al]. The average Bonchev–Trinajstić information content (AvgIpc) is 2.02. The molecule has 2 radical (unpaired) electrons. The third-order valence-electron chi connectivity index (χ3n) is 2.52. The molecule has 0 saturated carbocycles. The molecule has 0 saturated heterocycles. The van der Waals surface area contributed by atoms with Crippen LogP contribution in [0.4, 0.5) is 0 Å². The van der Waals surface area contributed by atoms with Gasteiger partial charge in [-0.1, -0.05) is 41.0 Å². The lowest BCUT2D eigenvalue weighted by Gasteiger charge is -2.37. The monoisotopic (exact) mass is 212 g/mol. The lowest BCUT2D eigenvalue weighted by Crippen LogP contribution is -2.35. The van der Waals surface area contributed by atoms with Crippen LogP contribution >= 0.6 is 0 Å². The zero-order chi connectivity index (χ0) is 11.2. The summed E-state index contributed by atoms with van der Waals surface area (Å²) >= 11 is 2.48. The average molecular weight is 212 g/mol. The highest BCUT2D eigenvalue weighted by Gasteiger charge is 2.28. The van der Waals surface area contributed by atoms with Crippen LogP contribution < -0.4 is 0 Å². The molecule has 0 spiro atoms. The number of hydrogen-bond acceptors (Lipinski definition) is 1. The Balaban J connectivity index is 4.42. The maximum atomic E-state index is 5.72. The Hall–Kier alpha value is 0.492. The van der Waals surface area contributed by atoms with Gasteiger partial charge in [0.05, 0.1) is 0 Å². The molecular weight excluding hydrogens is 187 g/mol. The zero-order valence-electron chi connectivity index (χ0n) is 10.5. The molecule has 82 valence electrons. The van der Waals surface area contributed by atoms with Crippen LogP contribution in [0.5, 0.6) is 0 Å². The second-order valence-electron chi connectivity index (χ2n) is 5.25. The van der Waals surface area contributed by atoms with Gasteiger partial charge in [-0.15, -0.1) is 0 Å². The van der Waals surface area contributed by atoms with Crippen molar-refractivity contribution in [2.75, 3.05) is 0 Å². The smallest absolute Gasteiger partial charge is 0.369 e. The molecule has 0 atom stereocenters. The first-order chi connectivity index (χ1) is 6.45. The summed E-state index contributed by atoms with van der Waals surface area (Å²) < 4.78 is 5.72. The highest BCUT2D eigenvalue weighted by atomic mass is 27.1. The molecule has 0 aromatic carbocycles. The van der Waals surface area contributed by atoms with Gasteiger partial charge in [-0.05, 0) is 31.1 Å². The third-order valence-corrected chi connectivity index (χ3v) is 3.02. The Morgan fingerprint density at radius 2 is 1.50 bits per heavy atom. The van der Waals surface area contributed by atoms with Crippen LogP contribution in [0.2, 0.25) is 0 Å². The summed E-state index contributed by atoms with van der Waals surface area (Å²) in [5, 5.41) is 0. The molecule has 0 aromatic heterocycles. The zero-order valence-corrected chi connectivity index (χ0v) is 11.6. The van der Waals surface area contributed by atoms with Gasteiger partial charge in [-0.2, -0.15) is 0 Å². The molecule has 0 fully saturated rings. The molecular formula is C12H25AlO. The fourth-order valence-corrected chi connectivity index (χ4v) is 2.70. The van der Waals surface area contributed by atoms with E-state index < -0.39 is 0 Å². The molecule has 0 amide bonds. The first-order valence-corrected chi connectivity index (χ1v) is 6.30. The van der Waals surface area contributed by atoms with E-state index in [-0.39, 0.29) is 5.60 Å². The summed E-state index contributed by atoms with van der Waals surface area (Å²) in [7, 11) is 0. The fraction of sp³-hybridized carbons (Fsp3) is 1.00. The van der Waals surface area contributed by atoms with Crippen LogP contribution in [-0.4, -0.2) is 22.2 Å². The number of hydrogen-bond donors (Lipinski definition) is 0. The Morgan fingerprint density at radius 3 is 1.71 bits per heavy atom. The Bertz CT molecular complexity index is 133. The molecule has 0 aliphatic rings. The Morgan fingerprint density at radius 1 is 1.07 bits per heavy atom. The molecule has 1 nitrogen and oxygen atoms in total. The molecule has 0 N–H and O–H groups in total. The highest BCUT2D eigenvalue weighted by molar-refractivity contribution is 5.98. The molecule has 0 aliphatic carbocycles. The van der Waals surface area contributed by atoms with Gasteiger partial charge in [0.25, 0.3) is 0 Å². The van der Waals surface area contributed by atoms with Gasteiger partial charge < -0.3 is 3.79 Å². The maximum Gasteiger partial charge on any atom is 0.369 e. The first kappa shape index (κ1) is 14.5. The standard InChI is InChI=1S/C12H25O.Al/c1-6-7-12(13,8-10(2)3)9-11(4)5;/h10-11H,6-9H2,1-5H3;/q-1;+1. The normalized spacial score (nSPS) is 12.8. The van der Waals surface area contributed by atoms with E-state index in [2.05, 4.69) is 51.2 Å². The highest BCUT2D eigenvalue weighted by Crippen LogP contribution is 2.32. The predicted octanol–water partition coefficient (Wildman–Crippen LogP) is 3.72. The fourth-order valence-electron chi connectivity index (χ4n) is 2.39. The van der Waals surface area contributed by atoms with Gasteiger partial charge in [0.15, 0.2) is 0 Å². The van der Waals surface area contributed by atoms with E-state index in [1.807, 2.05) is 0 Å². The Kier molecular flexibility index (Phi) is 7.12. The summed E-state index contributed by atoms with van der Waals surface area (Å²) in [6.45, 7) is 11.3. The van der Waals surface area contributed by atoms with Crippen LogP contribution in [0.15, 0.2) is 0 Å². The van der Waals surface area contributed by atoms with Crippen LogP contribution in [0, 0.1) is 11.8 Å². The lowest BCUT2D eigenvalue weighted by atomic mass is 9.82. The van der Waals surface area contributed by atoms with Crippen LogP contribution in [0.25, 0.3) is 0 Å². The van der Waals surface area contributed by atoms with Crippen LogP contribution in [0.1, 0.15) is 60.3 Å². The summed E-state index contributed by atoms with van der Waals surface area (Å²) in [6.07, 6.45) is 4.71. The quantitative estimate of drug-likeness (QED) is 0.584. The summed E-state index contributed by atoms with van der Waals surface area (Å²) in [6, 6.07) is 0. The number of rotatable bonds is 7. The van der Waals surface area contributed by atoms with Crippen molar-refractivity contribution in [1.82, 2.24) is 0 Å². The van der Waals surface area contributed by atoms with Crippen LogP contribution in [-0.2, 0) is 3.79 Å². The summed E-state index contributed by atoms with van der Waals surface area (Å²) in [5.41, 5.74) is 0.0990. The van der Waals surface area contributed by atoms with Crippen molar-refractivity contribution in [3.05, 3.63) is 0 Å². The predicted molar refractivity (Wildman–Crippen MR) is 63.4 cm³/mol. The molecule has 2 heteroatoms. The van der Waals surface area contributed by atoms with Crippen molar-refractivity contribution in [2.45, 2.75) is 65.9 Å². The van der Waals surface area contributed by atoms with Crippen molar-refractivity contribution in [1.29, 1.82) is 0 Å². The minimum absolute atomic E-state index is 0.0990. The van der Waals surface area contributed by atoms with E-state index in [4.69, 9.17) is 3.79 Å². The van der Waals surface area contributed by atoms with Gasteiger partial charge >= 0.3 is 16.6 Å². The van der Waals surface area contributed by atoms with Gasteiger partial charge in [0.1, 0.15) is 0 Å². The van der Waals surface area contributed by atoms with Crippen molar-refractivity contribution in [2.24, 2.45) is 11.8 Å². The molecule has 0 aromatic rings. The van der Waals surface area contributed by atoms with E-state index in [9.17, 15) is 0 Å². The third kappa shape index (κ3) is 5.39. The van der Waals surface area contributed by atoms with E-state index >= 15 is 0 Å². The van der Waals surface area contributed by atoms with E-state index in [0.29, 0.717) is 11.8 Å². The van der Waals surface area contributed by atoms with Crippen molar-refractivity contribution in [3.8, 4) is 0 Å². The molecule has 14 heavy (non-hydrogen) atoms. The van der Waals surface area contributed by atoms with Crippen LogP contribution in [0.3, 0.4) is 0 Å². The molecule has 0 bridgehead atoms. The molecule has 0 aliphatic heterocycles. The van der Waals surface area contributed by atoms with Crippen molar-refractivity contribution < 1.29 is 3.79 Å². The summed E-state index contributed by atoms with van der Waals surface area (Å²) in [5.74, 6) is 1.42. The first-order valence-electron chi connectivity index (χ1n) is 5.83. The minimum Gasteiger partial charge on any atom is -0.512 e. The summed E-state index contributed by atoms with van der Waals surface area (Å²) in [4.78, 5) is 0. The molecule has 0 heterocycles. The van der Waals surface area contributed by atoms with E-state index in [0.717, 1.165) is 0 Å².